The van der Waals surface area contributed by atoms with Crippen LogP contribution in [0.15, 0.2) is 75.1 Å². The highest BCUT2D eigenvalue weighted by molar-refractivity contribution is 9.10. The second kappa shape index (κ2) is 10.3. The van der Waals surface area contributed by atoms with Crippen LogP contribution in [-0.2, 0) is 14.8 Å². The van der Waals surface area contributed by atoms with Crippen LogP contribution >= 0.6 is 15.9 Å². The number of hydrogen-bond donors (Lipinski definition) is 1. The summed E-state index contributed by atoms with van der Waals surface area (Å²) < 4.78 is 28.5. The molecule has 0 aliphatic heterocycles. The van der Waals surface area contributed by atoms with Crippen molar-refractivity contribution in [3.05, 3.63) is 93.0 Å². The second-order valence-electron chi connectivity index (χ2n) is 7.75. The molecule has 0 saturated carbocycles. The summed E-state index contributed by atoms with van der Waals surface area (Å²) in [6, 6.07) is 16.8. The van der Waals surface area contributed by atoms with Gasteiger partial charge in [-0.2, -0.15) is 5.10 Å². The Balaban J connectivity index is 1.84. The van der Waals surface area contributed by atoms with E-state index in [1.54, 1.807) is 48.7 Å². The summed E-state index contributed by atoms with van der Waals surface area (Å²) in [5.41, 5.74) is 8.37. The zero-order valence-electron chi connectivity index (χ0n) is 19.0. The van der Waals surface area contributed by atoms with Gasteiger partial charge in [0.05, 0.1) is 16.8 Å². The summed E-state index contributed by atoms with van der Waals surface area (Å²) in [4.78, 5) is 12.8. The average Bonchev–Trinajstić information content (AvgIpc) is 2.80. The molecule has 0 bridgehead atoms. The van der Waals surface area contributed by atoms with E-state index in [4.69, 9.17) is 0 Å². The zero-order chi connectivity index (χ0) is 24.2. The molecule has 0 fully saturated rings. The number of hydrazone groups is 1. The van der Waals surface area contributed by atoms with Gasteiger partial charge in [0.1, 0.15) is 6.54 Å². The lowest BCUT2D eigenvalue weighted by atomic mass is 9.95. The highest BCUT2D eigenvalue weighted by Crippen LogP contribution is 2.25. The van der Waals surface area contributed by atoms with Crippen LogP contribution in [-0.4, -0.2) is 27.1 Å². The highest BCUT2D eigenvalue weighted by atomic mass is 79.9. The fourth-order valence-electron chi connectivity index (χ4n) is 3.36. The molecule has 0 atom stereocenters. The molecule has 6 nitrogen and oxygen atoms in total. The van der Waals surface area contributed by atoms with Crippen LogP contribution in [0.25, 0.3) is 0 Å². The summed E-state index contributed by atoms with van der Waals surface area (Å²) in [6.07, 6.45) is 1.59. The number of carbonyl (C=O) groups is 1. The lowest BCUT2D eigenvalue weighted by Gasteiger charge is -2.23. The van der Waals surface area contributed by atoms with Gasteiger partial charge in [0.2, 0.25) is 0 Å². The molecule has 0 spiro atoms. The molecule has 0 saturated heterocycles. The first-order chi connectivity index (χ1) is 15.6. The Bertz CT molecular complexity index is 1290. The van der Waals surface area contributed by atoms with E-state index in [9.17, 15) is 13.2 Å². The fourth-order valence-corrected chi connectivity index (χ4v) is 5.07. The maximum absolute atomic E-state index is 13.3. The molecule has 0 aromatic heterocycles. The summed E-state index contributed by atoms with van der Waals surface area (Å²) in [5, 5.41) is 4.08. The molecule has 0 aliphatic rings. The molecule has 3 aromatic carbocycles. The molecule has 1 amide bonds. The molecule has 33 heavy (non-hydrogen) atoms. The van der Waals surface area contributed by atoms with Crippen molar-refractivity contribution in [3.63, 3.8) is 0 Å². The predicted octanol–water partition coefficient (Wildman–Crippen LogP) is 5.03. The Morgan fingerprint density at radius 3 is 2.24 bits per heavy atom. The maximum Gasteiger partial charge on any atom is 0.264 e. The molecular formula is C25H26BrN3O3S. The molecule has 1 N–H and O–H groups in total. The van der Waals surface area contributed by atoms with Gasteiger partial charge in [-0.1, -0.05) is 34.1 Å². The minimum atomic E-state index is -3.96. The Hall–Kier alpha value is -2.97. The number of nitrogens with one attached hydrogen (secondary N) is 1. The summed E-state index contributed by atoms with van der Waals surface area (Å²) in [5.74, 6) is -0.549. The van der Waals surface area contributed by atoms with Crippen molar-refractivity contribution in [2.75, 3.05) is 10.8 Å². The molecule has 0 aliphatic carbocycles. The topological polar surface area (TPSA) is 78.8 Å². The minimum absolute atomic E-state index is 0.102. The molecule has 0 heterocycles. The van der Waals surface area contributed by atoms with Crippen molar-refractivity contribution in [3.8, 4) is 0 Å². The Morgan fingerprint density at radius 1 is 0.970 bits per heavy atom. The number of anilines is 1. The van der Waals surface area contributed by atoms with Crippen LogP contribution in [0.4, 0.5) is 5.69 Å². The zero-order valence-corrected chi connectivity index (χ0v) is 21.4. The van der Waals surface area contributed by atoms with Crippen molar-refractivity contribution in [2.45, 2.75) is 32.6 Å². The first kappa shape index (κ1) is 24.7. The van der Waals surface area contributed by atoms with Gasteiger partial charge in [0, 0.05) is 4.47 Å². The number of carbonyl (C=O) groups excluding carboxylic acids is 1. The molecule has 0 radical (unpaired) electrons. The summed E-state index contributed by atoms with van der Waals surface area (Å²) >= 11 is 3.35. The molecule has 8 heteroatoms. The lowest BCUT2D eigenvalue weighted by Crippen LogP contribution is -2.39. The van der Waals surface area contributed by atoms with Gasteiger partial charge in [-0.25, -0.2) is 13.8 Å². The highest BCUT2D eigenvalue weighted by Gasteiger charge is 2.27. The number of amides is 1. The number of benzene rings is 3. The number of sulfonamides is 1. The maximum atomic E-state index is 13.3. The van der Waals surface area contributed by atoms with Crippen LogP contribution in [0, 0.1) is 27.7 Å². The van der Waals surface area contributed by atoms with Gasteiger partial charge in [0.15, 0.2) is 0 Å². The van der Waals surface area contributed by atoms with Crippen molar-refractivity contribution >= 4 is 43.8 Å². The third-order valence-corrected chi connectivity index (χ3v) is 7.96. The number of nitrogens with zero attached hydrogens (tertiary/aromatic N) is 2. The number of rotatable bonds is 7. The molecule has 3 rings (SSSR count). The standard InChI is InChI=1S/C25H26BrN3O3S/c1-17-14-21(20(4)19(3)18(17)2)15-27-28-25(30)16-29(23-12-10-22(26)11-13-23)33(31,32)24-8-6-5-7-9-24/h5-15H,16H2,1-4H3,(H,28,30)/b27-15-. The molecule has 3 aromatic rings. The Labute approximate surface area is 203 Å². The quantitative estimate of drug-likeness (QED) is 0.345. The van der Waals surface area contributed by atoms with Crippen LogP contribution in [0.2, 0.25) is 0 Å². The van der Waals surface area contributed by atoms with E-state index >= 15 is 0 Å². The van der Waals surface area contributed by atoms with E-state index in [2.05, 4.69) is 40.3 Å². The van der Waals surface area contributed by atoms with Crippen LogP contribution in [0.3, 0.4) is 0 Å². The molecule has 172 valence electrons. The van der Waals surface area contributed by atoms with E-state index in [0.717, 1.165) is 25.5 Å². The minimum Gasteiger partial charge on any atom is -0.271 e. The molecular weight excluding hydrogens is 502 g/mol. The first-order valence-corrected chi connectivity index (χ1v) is 12.6. The SMILES string of the molecule is Cc1cc(/C=N\NC(=O)CN(c2ccc(Br)cc2)S(=O)(=O)c2ccccc2)c(C)c(C)c1C. The monoisotopic (exact) mass is 527 g/mol. The van der Waals surface area contributed by atoms with Crippen molar-refractivity contribution in [2.24, 2.45) is 5.10 Å². The van der Waals surface area contributed by atoms with Gasteiger partial charge in [-0.3, -0.25) is 9.10 Å². The fraction of sp³-hybridized carbons (Fsp3) is 0.200. The number of halogens is 1. The summed E-state index contributed by atoms with van der Waals surface area (Å²) in [6.45, 7) is 7.75. The van der Waals surface area contributed by atoms with Crippen LogP contribution in [0.5, 0.6) is 0 Å². The predicted molar refractivity (Wildman–Crippen MR) is 136 cm³/mol. The van der Waals surface area contributed by atoms with E-state index in [0.29, 0.717) is 5.69 Å². The first-order valence-electron chi connectivity index (χ1n) is 10.3. The summed E-state index contributed by atoms with van der Waals surface area (Å²) in [7, 11) is -3.96. The van der Waals surface area contributed by atoms with E-state index < -0.39 is 22.5 Å². The largest absolute Gasteiger partial charge is 0.271 e. The Kier molecular flexibility index (Phi) is 7.71. The van der Waals surface area contributed by atoms with Crippen LogP contribution in [0.1, 0.15) is 27.8 Å². The van der Waals surface area contributed by atoms with Gasteiger partial charge < -0.3 is 0 Å². The van der Waals surface area contributed by atoms with Gasteiger partial charge in [-0.15, -0.1) is 0 Å². The van der Waals surface area contributed by atoms with E-state index in [1.807, 2.05) is 19.9 Å². The van der Waals surface area contributed by atoms with Crippen molar-refractivity contribution in [1.29, 1.82) is 0 Å². The second-order valence-corrected chi connectivity index (χ2v) is 10.5. The van der Waals surface area contributed by atoms with Gasteiger partial charge in [0.25, 0.3) is 15.9 Å². The smallest absolute Gasteiger partial charge is 0.264 e. The third kappa shape index (κ3) is 5.69. The van der Waals surface area contributed by atoms with E-state index in [-0.39, 0.29) is 4.90 Å². The Morgan fingerprint density at radius 2 is 1.61 bits per heavy atom. The average molecular weight is 528 g/mol. The van der Waals surface area contributed by atoms with Crippen molar-refractivity contribution in [1.82, 2.24) is 5.43 Å². The van der Waals surface area contributed by atoms with Crippen molar-refractivity contribution < 1.29 is 13.2 Å². The lowest BCUT2D eigenvalue weighted by molar-refractivity contribution is -0.119. The number of hydrogen-bond acceptors (Lipinski definition) is 4. The van der Waals surface area contributed by atoms with E-state index in [1.165, 1.54) is 23.3 Å². The molecule has 0 unspecified atom stereocenters. The third-order valence-electron chi connectivity index (χ3n) is 5.65. The van der Waals surface area contributed by atoms with Crippen LogP contribution < -0.4 is 9.73 Å². The van der Waals surface area contributed by atoms with Gasteiger partial charge >= 0.3 is 0 Å². The normalized spacial score (nSPS) is 11.5. The number of aryl methyl sites for hydroxylation is 1. The van der Waals surface area contributed by atoms with Gasteiger partial charge in [-0.05, 0) is 98.0 Å².